The van der Waals surface area contributed by atoms with Crippen LogP contribution < -0.4 is 5.32 Å². The lowest BCUT2D eigenvalue weighted by atomic mass is 10.1. The van der Waals surface area contributed by atoms with Crippen LogP contribution in [0.25, 0.3) is 11.1 Å². The minimum absolute atomic E-state index is 0.277. The van der Waals surface area contributed by atoms with E-state index in [1.54, 1.807) is 6.07 Å². The third-order valence-corrected chi connectivity index (χ3v) is 3.43. The zero-order chi connectivity index (χ0) is 15.5. The van der Waals surface area contributed by atoms with Crippen molar-refractivity contribution in [2.24, 2.45) is 0 Å². The van der Waals surface area contributed by atoms with Gasteiger partial charge in [-0.3, -0.25) is 0 Å². The number of fused-ring (bicyclic) bond motifs is 1. The smallest absolute Gasteiger partial charge is 0.300 e. The van der Waals surface area contributed by atoms with Crippen molar-refractivity contribution in [3.05, 3.63) is 53.3 Å². The first-order valence-electron chi connectivity index (χ1n) is 7.02. The van der Waals surface area contributed by atoms with E-state index in [0.717, 1.165) is 28.6 Å². The summed E-state index contributed by atoms with van der Waals surface area (Å²) in [4.78, 5) is 14.8. The quantitative estimate of drug-likeness (QED) is 0.719. The van der Waals surface area contributed by atoms with Crippen LogP contribution >= 0.6 is 0 Å². The molecule has 1 N–H and O–H groups in total. The fraction of sp³-hybridized carbons (Fsp3) is 0.176. The highest BCUT2D eigenvalue weighted by atomic mass is 19.1. The molecule has 3 rings (SSSR count). The van der Waals surface area contributed by atoms with Gasteiger partial charge in [0.05, 0.1) is 0 Å². The summed E-state index contributed by atoms with van der Waals surface area (Å²) in [5.74, 6) is -0.277. The van der Waals surface area contributed by atoms with Gasteiger partial charge in [0.2, 0.25) is 0 Å². The summed E-state index contributed by atoms with van der Waals surface area (Å²) in [7, 11) is 0. The van der Waals surface area contributed by atoms with Crippen LogP contribution in [0.15, 0.2) is 40.8 Å². The van der Waals surface area contributed by atoms with Crippen LogP contribution in [-0.4, -0.2) is 11.3 Å². The molecule has 0 saturated carbocycles. The van der Waals surface area contributed by atoms with E-state index in [1.807, 2.05) is 25.1 Å². The molecule has 0 aliphatic heterocycles. The number of hydrogen-bond donors (Lipinski definition) is 1. The Hall–Kier alpha value is -2.69. The molecule has 4 nitrogen and oxygen atoms in total. The second-order valence-corrected chi connectivity index (χ2v) is 5.11. The molecule has 3 aromatic rings. The number of hydrogen-bond acceptors (Lipinski definition) is 4. The second-order valence-electron chi connectivity index (χ2n) is 5.11. The summed E-state index contributed by atoms with van der Waals surface area (Å²) >= 11 is 0. The van der Waals surface area contributed by atoms with E-state index in [4.69, 9.17) is 4.42 Å². The maximum atomic E-state index is 13.1. The molecule has 0 amide bonds. The number of aromatic nitrogens is 1. The molecule has 22 heavy (non-hydrogen) atoms. The Labute approximate surface area is 127 Å². The van der Waals surface area contributed by atoms with Crippen molar-refractivity contribution in [1.82, 2.24) is 4.98 Å². The SMILES string of the molecule is Cc1cc(F)ccc1Nc1nc2ccc(CCC=O)cc2o1. The average molecular weight is 298 g/mol. The molecule has 0 unspecified atom stereocenters. The summed E-state index contributed by atoms with van der Waals surface area (Å²) in [6.45, 7) is 1.81. The highest BCUT2D eigenvalue weighted by Gasteiger charge is 2.08. The van der Waals surface area contributed by atoms with Gasteiger partial charge in [0, 0.05) is 12.1 Å². The van der Waals surface area contributed by atoms with Gasteiger partial charge in [-0.25, -0.2) is 4.39 Å². The van der Waals surface area contributed by atoms with Crippen molar-refractivity contribution in [1.29, 1.82) is 0 Å². The maximum absolute atomic E-state index is 13.1. The molecule has 1 aromatic heterocycles. The van der Waals surface area contributed by atoms with E-state index in [2.05, 4.69) is 10.3 Å². The van der Waals surface area contributed by atoms with Crippen LogP contribution in [0.4, 0.5) is 16.1 Å². The fourth-order valence-electron chi connectivity index (χ4n) is 2.29. The number of anilines is 2. The van der Waals surface area contributed by atoms with Gasteiger partial charge in [0.15, 0.2) is 5.58 Å². The van der Waals surface area contributed by atoms with E-state index in [9.17, 15) is 9.18 Å². The summed E-state index contributed by atoms with van der Waals surface area (Å²) in [5.41, 5.74) is 3.94. The van der Waals surface area contributed by atoms with E-state index in [1.165, 1.54) is 12.1 Å². The number of aldehydes is 1. The maximum Gasteiger partial charge on any atom is 0.300 e. The fourth-order valence-corrected chi connectivity index (χ4v) is 2.29. The standard InChI is InChI=1S/C17H15FN2O2/c1-11-9-13(18)5-7-14(11)19-17-20-15-6-4-12(3-2-8-21)10-16(15)22-17/h4-10H,2-3H2,1H3,(H,19,20). The minimum Gasteiger partial charge on any atom is -0.423 e. The lowest BCUT2D eigenvalue weighted by Crippen LogP contribution is -1.93. The van der Waals surface area contributed by atoms with E-state index < -0.39 is 0 Å². The van der Waals surface area contributed by atoms with Gasteiger partial charge in [-0.1, -0.05) is 6.07 Å². The van der Waals surface area contributed by atoms with Crippen LogP contribution in [-0.2, 0) is 11.2 Å². The molecular formula is C17H15FN2O2. The van der Waals surface area contributed by atoms with E-state index >= 15 is 0 Å². The van der Waals surface area contributed by atoms with Crippen LogP contribution in [0.5, 0.6) is 0 Å². The largest absolute Gasteiger partial charge is 0.423 e. The topological polar surface area (TPSA) is 55.1 Å². The van der Waals surface area contributed by atoms with Crippen LogP contribution in [0.2, 0.25) is 0 Å². The Morgan fingerprint density at radius 2 is 2.14 bits per heavy atom. The Kier molecular flexibility index (Phi) is 3.87. The molecule has 0 aliphatic carbocycles. The molecule has 5 heteroatoms. The number of halogens is 1. The highest BCUT2D eigenvalue weighted by Crippen LogP contribution is 2.25. The Morgan fingerprint density at radius 3 is 2.91 bits per heavy atom. The van der Waals surface area contributed by atoms with Crippen molar-refractivity contribution < 1.29 is 13.6 Å². The summed E-state index contributed by atoms with van der Waals surface area (Å²) in [6, 6.07) is 10.5. The molecule has 0 saturated heterocycles. The van der Waals surface area contributed by atoms with E-state index in [-0.39, 0.29) is 5.82 Å². The van der Waals surface area contributed by atoms with Crippen LogP contribution in [0, 0.1) is 12.7 Å². The van der Waals surface area contributed by atoms with Gasteiger partial charge in [-0.05, 0) is 54.8 Å². The van der Waals surface area contributed by atoms with Gasteiger partial charge in [-0.2, -0.15) is 4.98 Å². The molecule has 0 aliphatic rings. The van der Waals surface area contributed by atoms with Gasteiger partial charge in [-0.15, -0.1) is 0 Å². The number of carbonyl (C=O) groups excluding carboxylic acids is 1. The summed E-state index contributed by atoms with van der Waals surface area (Å²) in [5, 5.41) is 3.05. The van der Waals surface area contributed by atoms with Crippen LogP contribution in [0.3, 0.4) is 0 Å². The average Bonchev–Trinajstić information content (AvgIpc) is 2.89. The molecule has 0 radical (unpaired) electrons. The second kappa shape index (κ2) is 5.97. The zero-order valence-corrected chi connectivity index (χ0v) is 12.1. The number of oxazole rings is 1. The Bertz CT molecular complexity index is 827. The van der Waals surface area contributed by atoms with Gasteiger partial charge in [0.1, 0.15) is 17.6 Å². The molecule has 112 valence electrons. The minimum atomic E-state index is -0.277. The van der Waals surface area contributed by atoms with Gasteiger partial charge < -0.3 is 14.5 Å². The van der Waals surface area contributed by atoms with Crippen molar-refractivity contribution in [2.75, 3.05) is 5.32 Å². The number of nitrogens with one attached hydrogen (secondary N) is 1. The molecular weight excluding hydrogens is 283 g/mol. The van der Waals surface area contributed by atoms with Crippen LogP contribution in [0.1, 0.15) is 17.5 Å². The predicted molar refractivity (Wildman–Crippen MR) is 82.8 cm³/mol. The first-order valence-corrected chi connectivity index (χ1v) is 7.02. The van der Waals surface area contributed by atoms with Crippen molar-refractivity contribution in [3.8, 4) is 0 Å². The normalized spacial score (nSPS) is 10.8. The third kappa shape index (κ3) is 2.98. The molecule has 0 fully saturated rings. The predicted octanol–water partition coefficient (Wildman–Crippen LogP) is 4.15. The molecule has 0 bridgehead atoms. The van der Waals surface area contributed by atoms with E-state index in [0.29, 0.717) is 24.4 Å². The molecule has 0 atom stereocenters. The summed E-state index contributed by atoms with van der Waals surface area (Å²) < 4.78 is 18.8. The molecule has 0 spiro atoms. The lowest BCUT2D eigenvalue weighted by Gasteiger charge is -2.05. The molecule has 1 heterocycles. The number of nitrogens with zero attached hydrogens (tertiary/aromatic N) is 1. The lowest BCUT2D eigenvalue weighted by molar-refractivity contribution is -0.107. The third-order valence-electron chi connectivity index (χ3n) is 3.43. The Morgan fingerprint density at radius 1 is 1.27 bits per heavy atom. The van der Waals surface area contributed by atoms with Gasteiger partial charge in [0.25, 0.3) is 6.01 Å². The first-order chi connectivity index (χ1) is 10.7. The number of rotatable bonds is 5. The number of aryl methyl sites for hydroxylation is 2. The van der Waals surface area contributed by atoms with Crippen molar-refractivity contribution in [3.63, 3.8) is 0 Å². The molecule has 2 aromatic carbocycles. The zero-order valence-electron chi connectivity index (χ0n) is 12.1. The number of benzene rings is 2. The van der Waals surface area contributed by atoms with Gasteiger partial charge >= 0.3 is 0 Å². The first kappa shape index (κ1) is 14.3. The summed E-state index contributed by atoms with van der Waals surface area (Å²) in [6.07, 6.45) is 2.06. The monoisotopic (exact) mass is 298 g/mol. The van der Waals surface area contributed by atoms with Crippen molar-refractivity contribution in [2.45, 2.75) is 19.8 Å². The van der Waals surface area contributed by atoms with Crippen molar-refractivity contribution >= 4 is 29.1 Å². The number of carbonyl (C=O) groups is 1. The Balaban J connectivity index is 1.86. The highest BCUT2D eigenvalue weighted by molar-refractivity contribution is 5.76.